The highest BCUT2D eigenvalue weighted by atomic mass is 79.9. The molecule has 15 heteroatoms. The molecule has 0 bridgehead atoms. The first kappa shape index (κ1) is 29.4. The first-order valence-electron chi connectivity index (χ1n) is 10.4. The highest BCUT2D eigenvalue weighted by molar-refractivity contribution is 9.10. The van der Waals surface area contributed by atoms with Crippen molar-refractivity contribution in [2.45, 2.75) is 31.3 Å². The van der Waals surface area contributed by atoms with Gasteiger partial charge in [-0.1, -0.05) is 34.1 Å². The molecular formula is C22H18Br2F6N2O4S. The molecule has 0 spiro atoms. The second-order valence-electron chi connectivity index (χ2n) is 8.15. The van der Waals surface area contributed by atoms with E-state index in [1.165, 1.54) is 32.2 Å². The van der Waals surface area contributed by atoms with Gasteiger partial charge >= 0.3 is 12.4 Å². The van der Waals surface area contributed by atoms with Crippen molar-refractivity contribution in [1.29, 1.82) is 0 Å². The summed E-state index contributed by atoms with van der Waals surface area (Å²) in [6.07, 6.45) is -10.9. The lowest BCUT2D eigenvalue weighted by molar-refractivity contribution is -0.276. The van der Waals surface area contributed by atoms with E-state index < -0.39 is 57.0 Å². The van der Waals surface area contributed by atoms with Gasteiger partial charge in [-0.15, -0.1) is 0 Å². The molecule has 1 amide bonds. The van der Waals surface area contributed by atoms with Gasteiger partial charge in [0.25, 0.3) is 5.60 Å². The van der Waals surface area contributed by atoms with Crippen molar-refractivity contribution in [3.05, 3.63) is 62.0 Å². The summed E-state index contributed by atoms with van der Waals surface area (Å²) in [6, 6.07) is 5.99. The summed E-state index contributed by atoms with van der Waals surface area (Å²) in [5, 5.41) is 3.55. The molecule has 6 nitrogen and oxygen atoms in total. The van der Waals surface area contributed by atoms with Gasteiger partial charge in [-0.05, 0) is 46.3 Å². The molecule has 0 fully saturated rings. The quantitative estimate of drug-likeness (QED) is 0.341. The molecule has 0 N–H and O–H groups in total. The van der Waals surface area contributed by atoms with Gasteiger partial charge in [0.1, 0.15) is 5.75 Å². The van der Waals surface area contributed by atoms with Crippen molar-refractivity contribution in [2.24, 2.45) is 5.16 Å². The van der Waals surface area contributed by atoms with Gasteiger partial charge in [0.05, 0.1) is 17.0 Å². The van der Waals surface area contributed by atoms with Crippen LogP contribution >= 0.6 is 31.9 Å². The molecule has 0 saturated carbocycles. The van der Waals surface area contributed by atoms with Crippen LogP contribution in [0.5, 0.6) is 0 Å². The number of rotatable bonds is 6. The largest absolute Gasteiger partial charge is 0.435 e. The number of hydrogen-bond acceptors (Lipinski definition) is 5. The molecule has 2 aromatic rings. The smallest absolute Gasteiger partial charge is 0.374 e. The Balaban J connectivity index is 1.95. The first-order valence-corrected chi connectivity index (χ1v) is 13.8. The number of nitrogens with zero attached hydrogens (tertiary/aromatic N) is 2. The van der Waals surface area contributed by atoms with Crippen molar-refractivity contribution >= 4 is 59.0 Å². The zero-order chi connectivity index (χ0) is 28.0. The standard InChI is InChI=1S/C22H18Br2F6N2O4S/c1-3-37(34,35)11-19(33)32(2)18-5-4-12(6-16(18)24)17-10-20(36-31-17,22(28,29)30)13-7-14(21(25,26)27)9-15(23)8-13/h4-9H,3,10-11H2,1-2H3. The Morgan fingerprint density at radius 3 is 2.30 bits per heavy atom. The number of sulfone groups is 1. The fraction of sp³-hybridized carbons (Fsp3) is 0.364. The molecule has 3 rings (SSSR count). The number of halogens is 8. The van der Waals surface area contributed by atoms with E-state index in [0.29, 0.717) is 12.1 Å². The molecule has 37 heavy (non-hydrogen) atoms. The minimum absolute atomic E-state index is 0.148. The molecule has 0 radical (unpaired) electrons. The van der Waals surface area contributed by atoms with Gasteiger partial charge in [0.2, 0.25) is 5.91 Å². The predicted octanol–water partition coefficient (Wildman–Crippen LogP) is 6.21. The van der Waals surface area contributed by atoms with E-state index >= 15 is 0 Å². The van der Waals surface area contributed by atoms with E-state index in [2.05, 4.69) is 37.0 Å². The van der Waals surface area contributed by atoms with Crippen LogP contribution in [0, 0.1) is 0 Å². The Labute approximate surface area is 224 Å². The molecule has 0 saturated heterocycles. The fourth-order valence-electron chi connectivity index (χ4n) is 3.52. The highest BCUT2D eigenvalue weighted by Gasteiger charge is 2.62. The van der Waals surface area contributed by atoms with E-state index in [1.54, 1.807) is 0 Å². The van der Waals surface area contributed by atoms with E-state index in [4.69, 9.17) is 4.84 Å². The Morgan fingerprint density at radius 1 is 1.11 bits per heavy atom. The number of alkyl halides is 6. The zero-order valence-electron chi connectivity index (χ0n) is 19.0. The maximum atomic E-state index is 14.3. The lowest BCUT2D eigenvalue weighted by Crippen LogP contribution is -2.43. The minimum atomic E-state index is -5.13. The number of carbonyl (C=O) groups excluding carboxylic acids is 1. The summed E-state index contributed by atoms with van der Waals surface area (Å²) in [5.41, 5.74) is -5.04. The second-order valence-corrected chi connectivity index (χ2v) is 12.3. The van der Waals surface area contributed by atoms with E-state index in [-0.39, 0.29) is 31.7 Å². The number of carbonyl (C=O) groups is 1. The Morgan fingerprint density at radius 2 is 1.76 bits per heavy atom. The normalized spacial score (nSPS) is 18.4. The number of amides is 1. The van der Waals surface area contributed by atoms with Crippen molar-refractivity contribution in [1.82, 2.24) is 0 Å². The van der Waals surface area contributed by atoms with E-state index in [9.17, 15) is 39.6 Å². The molecule has 1 atom stereocenters. The fourth-order valence-corrected chi connectivity index (χ4v) is 5.44. The van der Waals surface area contributed by atoms with Gasteiger partial charge in [-0.3, -0.25) is 4.79 Å². The maximum absolute atomic E-state index is 14.3. The van der Waals surface area contributed by atoms with Crippen LogP contribution in [-0.2, 0) is 31.2 Å². The average molecular weight is 680 g/mol. The monoisotopic (exact) mass is 678 g/mol. The molecule has 1 heterocycles. The van der Waals surface area contributed by atoms with Gasteiger partial charge < -0.3 is 9.74 Å². The summed E-state index contributed by atoms with van der Waals surface area (Å²) < 4.78 is 106. The summed E-state index contributed by atoms with van der Waals surface area (Å²) in [5.74, 6) is -1.67. The van der Waals surface area contributed by atoms with Crippen LogP contribution in [0.2, 0.25) is 0 Å². The van der Waals surface area contributed by atoms with Gasteiger partial charge in [0, 0.05) is 39.3 Å². The maximum Gasteiger partial charge on any atom is 0.435 e. The van der Waals surface area contributed by atoms with Crippen LogP contribution in [0.25, 0.3) is 0 Å². The Hall–Kier alpha value is -2.13. The van der Waals surface area contributed by atoms with Crippen LogP contribution in [-0.4, -0.2) is 44.8 Å². The van der Waals surface area contributed by atoms with Crippen LogP contribution in [0.15, 0.2) is 50.5 Å². The van der Waals surface area contributed by atoms with Crippen LogP contribution in [0.4, 0.5) is 32.0 Å². The molecule has 1 aliphatic rings. The van der Waals surface area contributed by atoms with Crippen molar-refractivity contribution in [2.75, 3.05) is 23.5 Å². The Kier molecular flexibility index (Phi) is 8.12. The Bertz CT molecular complexity index is 1360. The molecule has 0 aliphatic carbocycles. The summed E-state index contributed by atoms with van der Waals surface area (Å²) in [4.78, 5) is 18.3. The average Bonchev–Trinajstić information content (AvgIpc) is 3.24. The molecular weight excluding hydrogens is 662 g/mol. The van der Waals surface area contributed by atoms with Gasteiger partial charge in [0.15, 0.2) is 9.84 Å². The zero-order valence-corrected chi connectivity index (χ0v) is 23.0. The van der Waals surface area contributed by atoms with E-state index in [0.717, 1.165) is 11.0 Å². The third-order valence-electron chi connectivity index (χ3n) is 5.68. The highest BCUT2D eigenvalue weighted by Crippen LogP contribution is 2.50. The van der Waals surface area contributed by atoms with Crippen LogP contribution < -0.4 is 4.90 Å². The molecule has 2 aromatic carbocycles. The minimum Gasteiger partial charge on any atom is -0.374 e. The van der Waals surface area contributed by atoms with Gasteiger partial charge in [-0.25, -0.2) is 8.42 Å². The molecule has 1 aliphatic heterocycles. The topological polar surface area (TPSA) is 76.0 Å². The molecule has 1 unspecified atom stereocenters. The van der Waals surface area contributed by atoms with Gasteiger partial charge in [-0.2, -0.15) is 26.3 Å². The molecule has 0 aromatic heterocycles. The van der Waals surface area contributed by atoms with Crippen molar-refractivity contribution in [3.8, 4) is 0 Å². The first-order chi connectivity index (χ1) is 16.9. The number of oxime groups is 1. The number of hydrogen-bond donors (Lipinski definition) is 0. The van der Waals surface area contributed by atoms with Crippen LogP contribution in [0.1, 0.15) is 30.0 Å². The summed E-state index contributed by atoms with van der Waals surface area (Å²) >= 11 is 6.05. The third kappa shape index (κ3) is 6.14. The SMILES string of the molecule is CCS(=O)(=O)CC(=O)N(C)c1ccc(C2=NOC(c3cc(Br)cc(C(F)(F)F)c3)(C(F)(F)F)C2)cc1Br. The molecule has 202 valence electrons. The number of anilines is 1. The second kappa shape index (κ2) is 10.2. The van der Waals surface area contributed by atoms with Crippen LogP contribution in [0.3, 0.4) is 0 Å². The van der Waals surface area contributed by atoms with E-state index in [1.807, 2.05) is 0 Å². The lowest BCUT2D eigenvalue weighted by Gasteiger charge is -2.30. The lowest BCUT2D eigenvalue weighted by atomic mass is 9.85. The summed E-state index contributed by atoms with van der Waals surface area (Å²) in [6.45, 7) is 1.40. The van der Waals surface area contributed by atoms with Crippen molar-refractivity contribution in [3.63, 3.8) is 0 Å². The van der Waals surface area contributed by atoms with Crippen molar-refractivity contribution < 1.29 is 44.4 Å². The predicted molar refractivity (Wildman–Crippen MR) is 131 cm³/mol. The third-order valence-corrected chi connectivity index (χ3v) is 8.34. The number of benzene rings is 2. The summed E-state index contributed by atoms with van der Waals surface area (Å²) in [7, 11) is -2.26.